The smallest absolute Gasteiger partial charge is 0.410 e. The highest BCUT2D eigenvalue weighted by atomic mass is 16.6. The first-order valence-electron chi connectivity index (χ1n) is 10.7. The summed E-state index contributed by atoms with van der Waals surface area (Å²) in [4.78, 5) is 39.4. The highest BCUT2D eigenvalue weighted by Crippen LogP contribution is 2.28. The molecule has 8 nitrogen and oxygen atoms in total. The molecule has 162 valence electrons. The van der Waals surface area contributed by atoms with Gasteiger partial charge in [0.25, 0.3) is 0 Å². The number of para-hydroxylation sites is 2. The Morgan fingerprint density at radius 2 is 1.80 bits per heavy atom. The molecule has 0 radical (unpaired) electrons. The predicted octanol–water partition coefficient (Wildman–Crippen LogP) is 2.86. The second-order valence-electron chi connectivity index (χ2n) is 9.20. The molecule has 0 saturated carbocycles. The first-order chi connectivity index (χ1) is 14.2. The molecule has 1 aromatic heterocycles. The Morgan fingerprint density at radius 3 is 2.47 bits per heavy atom. The number of imidazole rings is 1. The van der Waals surface area contributed by atoms with Crippen molar-refractivity contribution in [1.82, 2.24) is 19.8 Å². The molecule has 2 atom stereocenters. The topological polar surface area (TPSA) is 81.8 Å². The van der Waals surface area contributed by atoms with E-state index >= 15 is 0 Å². The summed E-state index contributed by atoms with van der Waals surface area (Å²) in [5, 5.41) is 0. The molecule has 2 amide bonds. The Morgan fingerprint density at radius 1 is 1.10 bits per heavy atom. The number of nitrogens with zero attached hydrogens (tertiary/aromatic N) is 4. The first kappa shape index (κ1) is 20.5. The molecule has 2 aromatic rings. The average molecular weight is 414 g/mol. The van der Waals surface area contributed by atoms with Crippen molar-refractivity contribution in [3.05, 3.63) is 24.3 Å². The Labute approximate surface area is 177 Å². The minimum Gasteiger partial charge on any atom is -0.444 e. The van der Waals surface area contributed by atoms with Crippen molar-refractivity contribution in [2.45, 2.75) is 45.8 Å². The molecule has 1 aromatic carbocycles. The normalized spacial score (nSPS) is 22.6. The van der Waals surface area contributed by atoms with Crippen LogP contribution in [0.2, 0.25) is 0 Å². The average Bonchev–Trinajstić information content (AvgIpc) is 3.30. The number of nitrogens with one attached hydrogen (secondary N) is 1. The first-order valence-corrected chi connectivity index (χ1v) is 10.7. The van der Waals surface area contributed by atoms with Gasteiger partial charge in [0.1, 0.15) is 5.60 Å². The zero-order valence-corrected chi connectivity index (χ0v) is 18.2. The van der Waals surface area contributed by atoms with Crippen LogP contribution < -0.4 is 4.90 Å². The second kappa shape index (κ2) is 7.81. The molecule has 2 fully saturated rings. The lowest BCUT2D eigenvalue weighted by atomic mass is 9.99. The van der Waals surface area contributed by atoms with Gasteiger partial charge < -0.3 is 24.4 Å². The molecule has 8 heteroatoms. The van der Waals surface area contributed by atoms with E-state index in [0.29, 0.717) is 26.1 Å². The van der Waals surface area contributed by atoms with E-state index in [9.17, 15) is 9.59 Å². The molecule has 2 aliphatic heterocycles. The van der Waals surface area contributed by atoms with Gasteiger partial charge in [0.2, 0.25) is 11.9 Å². The van der Waals surface area contributed by atoms with E-state index in [1.807, 2.05) is 56.9 Å². The monoisotopic (exact) mass is 413 g/mol. The van der Waals surface area contributed by atoms with Crippen LogP contribution in [0.25, 0.3) is 11.0 Å². The summed E-state index contributed by atoms with van der Waals surface area (Å²) >= 11 is 0. The van der Waals surface area contributed by atoms with E-state index in [4.69, 9.17) is 4.74 Å². The molecule has 4 rings (SSSR count). The fraction of sp³-hybridized carbons (Fsp3) is 0.591. The Kier molecular flexibility index (Phi) is 5.34. The molecule has 30 heavy (non-hydrogen) atoms. The lowest BCUT2D eigenvalue weighted by molar-refractivity contribution is -0.136. The van der Waals surface area contributed by atoms with Gasteiger partial charge in [-0.1, -0.05) is 12.1 Å². The fourth-order valence-electron chi connectivity index (χ4n) is 4.31. The number of benzene rings is 1. The summed E-state index contributed by atoms with van der Waals surface area (Å²) in [6, 6.07) is 7.83. The number of carbonyl (C=O) groups excluding carboxylic acids is 2. The van der Waals surface area contributed by atoms with Crippen molar-refractivity contribution in [2.75, 3.05) is 37.6 Å². The Balaban J connectivity index is 1.34. The number of carbonyl (C=O) groups is 2. The van der Waals surface area contributed by atoms with E-state index < -0.39 is 5.60 Å². The van der Waals surface area contributed by atoms with Crippen molar-refractivity contribution in [2.24, 2.45) is 5.92 Å². The molecule has 0 spiro atoms. The summed E-state index contributed by atoms with van der Waals surface area (Å²) in [6.07, 6.45) is 0.350. The lowest BCUT2D eigenvalue weighted by Gasteiger charge is -2.36. The van der Waals surface area contributed by atoms with Crippen LogP contribution in [0.4, 0.5) is 10.7 Å². The van der Waals surface area contributed by atoms with Crippen LogP contribution in [0.1, 0.15) is 34.1 Å². The van der Waals surface area contributed by atoms with Crippen LogP contribution in [-0.2, 0) is 9.53 Å². The number of fused-ring (bicyclic) bond motifs is 1. The predicted molar refractivity (Wildman–Crippen MR) is 115 cm³/mol. The highest BCUT2D eigenvalue weighted by Gasteiger charge is 2.41. The highest BCUT2D eigenvalue weighted by molar-refractivity contribution is 5.82. The summed E-state index contributed by atoms with van der Waals surface area (Å²) in [7, 11) is 0. The van der Waals surface area contributed by atoms with E-state index in [-0.39, 0.29) is 24.0 Å². The van der Waals surface area contributed by atoms with E-state index in [2.05, 4.69) is 14.9 Å². The largest absolute Gasteiger partial charge is 0.444 e. The molecule has 2 saturated heterocycles. The third kappa shape index (κ3) is 4.08. The number of aromatic amines is 1. The number of anilines is 1. The molecule has 1 N–H and O–H groups in total. The number of H-pyrrole nitrogens is 1. The van der Waals surface area contributed by atoms with Crippen molar-refractivity contribution >= 4 is 29.0 Å². The molecular formula is C22H31N5O3. The molecule has 2 aliphatic rings. The number of hydrogen-bond donors (Lipinski definition) is 1. The SMILES string of the molecule is C[C@@H]1[C@H](C(=O)N2CCN(c3nc4ccccc4[nH]3)CC2)CCN1C(=O)OC(C)(C)C. The summed E-state index contributed by atoms with van der Waals surface area (Å²) in [5.41, 5.74) is 1.44. The van der Waals surface area contributed by atoms with Gasteiger partial charge in [0, 0.05) is 38.8 Å². The number of aromatic nitrogens is 2. The maximum absolute atomic E-state index is 13.2. The zero-order valence-electron chi connectivity index (χ0n) is 18.2. The van der Waals surface area contributed by atoms with Gasteiger partial charge in [-0.3, -0.25) is 4.79 Å². The minimum atomic E-state index is -0.536. The van der Waals surface area contributed by atoms with Gasteiger partial charge in [-0.15, -0.1) is 0 Å². The maximum atomic E-state index is 13.2. The molecular weight excluding hydrogens is 382 g/mol. The van der Waals surface area contributed by atoms with Gasteiger partial charge in [-0.25, -0.2) is 9.78 Å². The van der Waals surface area contributed by atoms with Gasteiger partial charge in [0.15, 0.2) is 0 Å². The van der Waals surface area contributed by atoms with Crippen molar-refractivity contribution in [1.29, 1.82) is 0 Å². The van der Waals surface area contributed by atoms with Gasteiger partial charge in [0.05, 0.1) is 17.0 Å². The zero-order chi connectivity index (χ0) is 21.5. The third-order valence-corrected chi connectivity index (χ3v) is 5.97. The van der Waals surface area contributed by atoms with Crippen molar-refractivity contribution < 1.29 is 14.3 Å². The number of likely N-dealkylation sites (tertiary alicyclic amines) is 1. The van der Waals surface area contributed by atoms with Crippen LogP contribution in [0, 0.1) is 5.92 Å². The molecule has 0 aliphatic carbocycles. The summed E-state index contributed by atoms with van der Waals surface area (Å²) in [5.74, 6) is 0.821. The van der Waals surface area contributed by atoms with Crippen LogP contribution in [0.3, 0.4) is 0 Å². The lowest BCUT2D eigenvalue weighted by Crippen LogP contribution is -2.52. The van der Waals surface area contributed by atoms with Crippen LogP contribution in [0.15, 0.2) is 24.3 Å². The van der Waals surface area contributed by atoms with Crippen LogP contribution in [0.5, 0.6) is 0 Å². The molecule has 0 unspecified atom stereocenters. The number of hydrogen-bond acceptors (Lipinski definition) is 5. The number of amides is 2. The van der Waals surface area contributed by atoms with Gasteiger partial charge in [-0.05, 0) is 46.2 Å². The van der Waals surface area contributed by atoms with Crippen LogP contribution >= 0.6 is 0 Å². The summed E-state index contributed by atoms with van der Waals surface area (Å²) < 4.78 is 5.50. The van der Waals surface area contributed by atoms with E-state index in [0.717, 1.165) is 30.1 Å². The Bertz CT molecular complexity index is 893. The standard InChI is InChI=1S/C22H31N5O3/c1-15-16(9-10-27(15)21(29)30-22(2,3)4)19(28)25-11-13-26(14-12-25)20-23-17-7-5-6-8-18(17)24-20/h5-8,15-16H,9-14H2,1-4H3,(H,23,24)/t15-,16-/m1/s1. The van der Waals surface area contributed by atoms with Crippen molar-refractivity contribution in [3.8, 4) is 0 Å². The second-order valence-corrected chi connectivity index (χ2v) is 9.20. The number of ether oxygens (including phenoxy) is 1. The molecule has 0 bridgehead atoms. The van der Waals surface area contributed by atoms with E-state index in [1.165, 1.54) is 0 Å². The number of rotatable bonds is 2. The maximum Gasteiger partial charge on any atom is 0.410 e. The van der Waals surface area contributed by atoms with Gasteiger partial charge >= 0.3 is 6.09 Å². The quantitative estimate of drug-likeness (QED) is 0.819. The fourth-order valence-corrected chi connectivity index (χ4v) is 4.31. The van der Waals surface area contributed by atoms with E-state index in [1.54, 1.807) is 4.90 Å². The Hall–Kier alpha value is -2.77. The number of piperazine rings is 1. The molecule has 3 heterocycles. The van der Waals surface area contributed by atoms with Crippen LogP contribution in [-0.4, -0.2) is 76.1 Å². The third-order valence-electron chi connectivity index (χ3n) is 5.97. The van der Waals surface area contributed by atoms with Gasteiger partial charge in [-0.2, -0.15) is 0 Å². The van der Waals surface area contributed by atoms with Crippen molar-refractivity contribution in [3.63, 3.8) is 0 Å². The summed E-state index contributed by atoms with van der Waals surface area (Å²) in [6.45, 7) is 10.9. The minimum absolute atomic E-state index is 0.137.